The molecule has 2 N–H and O–H groups in total. The Morgan fingerprint density at radius 3 is 2.96 bits per heavy atom. The quantitative estimate of drug-likeness (QED) is 0.433. The number of carbonyl (C=O) groups is 2. The predicted molar refractivity (Wildman–Crippen MR) is 93.0 cm³/mol. The van der Waals surface area contributed by atoms with Crippen LogP contribution in [0.3, 0.4) is 0 Å². The van der Waals surface area contributed by atoms with Crippen LogP contribution in [0.4, 0.5) is 0 Å². The Balaban J connectivity index is 1.78. The molecule has 2 amide bonds. The maximum Gasteiger partial charge on any atom is 0.329 e. The third-order valence-electron chi connectivity index (χ3n) is 3.36. The summed E-state index contributed by atoms with van der Waals surface area (Å²) in [5.41, 5.74) is 2.95. The number of carbonyl (C=O) groups excluding carboxylic acids is 2. The van der Waals surface area contributed by atoms with Crippen LogP contribution in [0.1, 0.15) is 25.3 Å². The fourth-order valence-electron chi connectivity index (χ4n) is 2.18. The van der Waals surface area contributed by atoms with Crippen LogP contribution < -0.4 is 15.5 Å². The van der Waals surface area contributed by atoms with E-state index in [4.69, 9.17) is 9.47 Å². The van der Waals surface area contributed by atoms with Crippen LogP contribution >= 0.6 is 15.9 Å². The second-order valence-corrected chi connectivity index (χ2v) is 6.02. The Kier molecular flexibility index (Phi) is 7.20. The zero-order valence-corrected chi connectivity index (χ0v) is 15.0. The van der Waals surface area contributed by atoms with E-state index in [1.165, 1.54) is 6.21 Å². The fourth-order valence-corrected chi connectivity index (χ4v) is 2.69. The molecule has 1 fully saturated rings. The molecule has 1 aromatic carbocycles. The van der Waals surface area contributed by atoms with E-state index in [0.717, 1.165) is 28.6 Å². The Morgan fingerprint density at radius 1 is 1.46 bits per heavy atom. The first kappa shape index (κ1) is 18.4. The van der Waals surface area contributed by atoms with E-state index in [0.29, 0.717) is 19.8 Å². The molecule has 0 unspecified atom stereocenters. The lowest BCUT2D eigenvalue weighted by atomic mass is 10.2. The van der Waals surface area contributed by atoms with E-state index in [9.17, 15) is 9.59 Å². The van der Waals surface area contributed by atoms with Crippen molar-refractivity contribution in [2.45, 2.75) is 25.9 Å². The van der Waals surface area contributed by atoms with Crippen molar-refractivity contribution in [2.75, 3.05) is 19.8 Å². The largest absolute Gasteiger partial charge is 0.493 e. The van der Waals surface area contributed by atoms with Crippen LogP contribution in [0, 0.1) is 0 Å². The SMILES string of the molecule is CCOc1ccc(/C=N\NC(=O)C(=O)NC[C@H]2CCCO2)cc1Br. The molecule has 2 rings (SSSR count). The van der Waals surface area contributed by atoms with E-state index >= 15 is 0 Å². The van der Waals surface area contributed by atoms with Gasteiger partial charge in [0.25, 0.3) is 0 Å². The minimum Gasteiger partial charge on any atom is -0.493 e. The lowest BCUT2D eigenvalue weighted by Crippen LogP contribution is -2.41. The molecule has 1 aliphatic rings. The number of amides is 2. The standard InChI is InChI=1S/C16H20BrN3O4/c1-2-23-14-6-5-11(8-13(14)17)9-19-20-16(22)15(21)18-10-12-4-3-7-24-12/h5-6,8-9,12H,2-4,7,10H2,1H3,(H,18,21)(H,20,22)/b19-9-/t12-/m1/s1. The molecule has 1 atom stereocenters. The number of benzene rings is 1. The number of nitrogens with one attached hydrogen (secondary N) is 2. The normalized spacial score (nSPS) is 17.0. The van der Waals surface area contributed by atoms with Crippen LogP contribution in [0.25, 0.3) is 0 Å². The van der Waals surface area contributed by atoms with Crippen molar-refractivity contribution in [1.29, 1.82) is 0 Å². The van der Waals surface area contributed by atoms with Gasteiger partial charge in [-0.1, -0.05) is 0 Å². The number of nitrogens with zero attached hydrogens (tertiary/aromatic N) is 1. The molecule has 0 spiro atoms. The summed E-state index contributed by atoms with van der Waals surface area (Å²) in [6.45, 7) is 3.51. The molecule has 7 nitrogen and oxygen atoms in total. The fraction of sp³-hybridized carbons (Fsp3) is 0.438. The van der Waals surface area contributed by atoms with Gasteiger partial charge in [0.05, 0.1) is 23.4 Å². The zero-order valence-electron chi connectivity index (χ0n) is 13.4. The first-order valence-corrected chi connectivity index (χ1v) is 8.54. The van der Waals surface area contributed by atoms with E-state index in [-0.39, 0.29) is 6.10 Å². The van der Waals surface area contributed by atoms with Crippen molar-refractivity contribution < 1.29 is 19.1 Å². The molecule has 24 heavy (non-hydrogen) atoms. The highest BCUT2D eigenvalue weighted by Crippen LogP contribution is 2.25. The lowest BCUT2D eigenvalue weighted by Gasteiger charge is -2.09. The zero-order chi connectivity index (χ0) is 17.4. The van der Waals surface area contributed by atoms with Crippen molar-refractivity contribution in [2.24, 2.45) is 5.10 Å². The van der Waals surface area contributed by atoms with Crippen molar-refractivity contribution in [3.05, 3.63) is 28.2 Å². The monoisotopic (exact) mass is 397 g/mol. The molecule has 0 aliphatic carbocycles. The molecule has 0 aromatic heterocycles. The van der Waals surface area contributed by atoms with E-state index in [2.05, 4.69) is 31.8 Å². The van der Waals surface area contributed by atoms with Gasteiger partial charge in [0.2, 0.25) is 0 Å². The number of hydrazone groups is 1. The highest BCUT2D eigenvalue weighted by molar-refractivity contribution is 9.10. The minimum absolute atomic E-state index is 0.00791. The molecular formula is C16H20BrN3O4. The first-order valence-electron chi connectivity index (χ1n) is 7.75. The summed E-state index contributed by atoms with van der Waals surface area (Å²) >= 11 is 3.39. The van der Waals surface area contributed by atoms with Crippen LogP contribution in [-0.2, 0) is 14.3 Å². The Bertz CT molecular complexity index is 615. The van der Waals surface area contributed by atoms with Crippen molar-refractivity contribution in [3.63, 3.8) is 0 Å². The van der Waals surface area contributed by atoms with E-state index in [1.54, 1.807) is 18.2 Å². The van der Waals surface area contributed by atoms with Gasteiger partial charge in [0, 0.05) is 13.2 Å². The van der Waals surface area contributed by atoms with Crippen LogP contribution in [-0.4, -0.2) is 43.9 Å². The van der Waals surface area contributed by atoms with Crippen LogP contribution in [0.15, 0.2) is 27.8 Å². The minimum atomic E-state index is -0.811. The molecule has 1 heterocycles. The van der Waals surface area contributed by atoms with Gasteiger partial charge >= 0.3 is 11.8 Å². The van der Waals surface area contributed by atoms with Crippen molar-refractivity contribution in [3.8, 4) is 5.75 Å². The van der Waals surface area contributed by atoms with Gasteiger partial charge in [-0.15, -0.1) is 0 Å². The highest BCUT2D eigenvalue weighted by atomic mass is 79.9. The topological polar surface area (TPSA) is 89.0 Å². The molecule has 1 saturated heterocycles. The number of hydrogen-bond donors (Lipinski definition) is 2. The second-order valence-electron chi connectivity index (χ2n) is 5.17. The molecule has 130 valence electrons. The van der Waals surface area contributed by atoms with Gasteiger partial charge in [-0.2, -0.15) is 5.10 Å². The smallest absolute Gasteiger partial charge is 0.329 e. The lowest BCUT2D eigenvalue weighted by molar-refractivity contribution is -0.139. The van der Waals surface area contributed by atoms with Gasteiger partial charge in [-0.05, 0) is 59.5 Å². The van der Waals surface area contributed by atoms with Gasteiger partial charge in [0.1, 0.15) is 5.75 Å². The van der Waals surface area contributed by atoms with Gasteiger partial charge in [-0.25, -0.2) is 5.43 Å². The van der Waals surface area contributed by atoms with Crippen LogP contribution in [0.5, 0.6) is 5.75 Å². The summed E-state index contributed by atoms with van der Waals surface area (Å²) < 4.78 is 11.6. The molecule has 1 aliphatic heterocycles. The Labute approximate surface area is 148 Å². The van der Waals surface area contributed by atoms with Crippen molar-refractivity contribution >= 4 is 34.0 Å². The van der Waals surface area contributed by atoms with Gasteiger partial charge in [-0.3, -0.25) is 9.59 Å². The maximum atomic E-state index is 11.6. The molecule has 0 radical (unpaired) electrons. The summed E-state index contributed by atoms with van der Waals surface area (Å²) in [5, 5.41) is 6.31. The van der Waals surface area contributed by atoms with E-state index < -0.39 is 11.8 Å². The average Bonchev–Trinajstić information content (AvgIpc) is 3.08. The van der Waals surface area contributed by atoms with E-state index in [1.807, 2.05) is 6.92 Å². The second kappa shape index (κ2) is 9.39. The third kappa shape index (κ3) is 5.61. The Morgan fingerprint density at radius 2 is 2.29 bits per heavy atom. The summed E-state index contributed by atoms with van der Waals surface area (Å²) in [6.07, 6.45) is 3.32. The summed E-state index contributed by atoms with van der Waals surface area (Å²) in [5.74, 6) is -0.808. The number of ether oxygens (including phenoxy) is 2. The highest BCUT2D eigenvalue weighted by Gasteiger charge is 2.18. The number of hydrogen-bond acceptors (Lipinski definition) is 5. The maximum absolute atomic E-state index is 11.6. The van der Waals surface area contributed by atoms with Gasteiger partial charge in [0.15, 0.2) is 0 Å². The predicted octanol–water partition coefficient (Wildman–Crippen LogP) is 1.59. The summed E-state index contributed by atoms with van der Waals surface area (Å²) in [4.78, 5) is 23.3. The molecular weight excluding hydrogens is 378 g/mol. The number of halogens is 1. The third-order valence-corrected chi connectivity index (χ3v) is 3.98. The first-order chi connectivity index (χ1) is 11.6. The average molecular weight is 398 g/mol. The van der Waals surface area contributed by atoms with Crippen molar-refractivity contribution in [1.82, 2.24) is 10.7 Å². The summed E-state index contributed by atoms with van der Waals surface area (Å²) in [7, 11) is 0. The summed E-state index contributed by atoms with van der Waals surface area (Å²) in [6, 6.07) is 5.39. The molecule has 1 aromatic rings. The number of rotatable bonds is 6. The molecule has 0 saturated carbocycles. The Hall–Kier alpha value is -1.93. The van der Waals surface area contributed by atoms with Gasteiger partial charge < -0.3 is 14.8 Å². The molecule has 8 heteroatoms. The van der Waals surface area contributed by atoms with Crippen LogP contribution in [0.2, 0.25) is 0 Å². The molecule has 0 bridgehead atoms.